The number of ether oxygens (including phenoxy) is 2. The number of anilines is 1. The first kappa shape index (κ1) is 19.8. The lowest BCUT2D eigenvalue weighted by Gasteiger charge is -2.10. The van der Waals surface area contributed by atoms with Crippen molar-refractivity contribution in [3.63, 3.8) is 0 Å². The number of rotatable bonds is 8. The number of nitrogens with one attached hydrogen (secondary N) is 2. The van der Waals surface area contributed by atoms with Crippen molar-refractivity contribution < 1.29 is 22.7 Å². The van der Waals surface area contributed by atoms with Gasteiger partial charge in [0.1, 0.15) is 11.3 Å². The largest absolute Gasteiger partial charge is 0.496 e. The highest BCUT2D eigenvalue weighted by atomic mass is 32.2. The lowest BCUT2D eigenvalue weighted by atomic mass is 10.0. The van der Waals surface area contributed by atoms with Gasteiger partial charge in [-0.3, -0.25) is 9.82 Å². The second kappa shape index (κ2) is 8.22. The van der Waals surface area contributed by atoms with Crippen LogP contribution in [0.15, 0.2) is 29.2 Å². The Kier molecular flexibility index (Phi) is 6.25. The van der Waals surface area contributed by atoms with E-state index >= 15 is 0 Å². The second-order valence-corrected chi connectivity index (χ2v) is 7.54. The maximum Gasteiger partial charge on any atom is 0.341 e. The van der Waals surface area contributed by atoms with E-state index in [1.54, 1.807) is 6.07 Å². The molecule has 0 aliphatic rings. The van der Waals surface area contributed by atoms with Crippen LogP contribution < -0.4 is 9.46 Å². The monoisotopic (exact) mass is 381 g/mol. The zero-order chi connectivity index (χ0) is 19.3. The maximum atomic E-state index is 12.6. The summed E-state index contributed by atoms with van der Waals surface area (Å²) in [5.74, 6) is -0.0170. The van der Waals surface area contributed by atoms with Crippen molar-refractivity contribution in [2.45, 2.75) is 37.5 Å². The molecule has 0 saturated heterocycles. The quantitative estimate of drug-likeness (QED) is 0.680. The van der Waals surface area contributed by atoms with Gasteiger partial charge in [-0.25, -0.2) is 13.2 Å². The third-order valence-corrected chi connectivity index (χ3v) is 5.33. The number of aromatic amines is 1. The first-order chi connectivity index (χ1) is 12.3. The van der Waals surface area contributed by atoms with Crippen LogP contribution in [0.4, 0.5) is 5.82 Å². The molecule has 0 aliphatic heterocycles. The highest BCUT2D eigenvalue weighted by Gasteiger charge is 2.21. The third-order valence-electron chi connectivity index (χ3n) is 3.98. The van der Waals surface area contributed by atoms with Crippen molar-refractivity contribution >= 4 is 21.8 Å². The summed E-state index contributed by atoms with van der Waals surface area (Å²) in [6.45, 7) is 4.13. The second-order valence-electron chi connectivity index (χ2n) is 5.86. The standard InChI is InChI=1S/C17H23N3O5S/c1-5-6-11(2)14-10-16(19-18-14)20-26(22,23)12-7-8-15(24-3)13(9-12)17(21)25-4/h7-11H,5-6H2,1-4H3,(H2,18,19,20). The summed E-state index contributed by atoms with van der Waals surface area (Å²) in [5.41, 5.74) is 0.881. The average Bonchev–Trinajstić information content (AvgIpc) is 3.08. The van der Waals surface area contributed by atoms with E-state index < -0.39 is 16.0 Å². The number of H-pyrrole nitrogens is 1. The summed E-state index contributed by atoms with van der Waals surface area (Å²) in [6, 6.07) is 5.63. The lowest BCUT2D eigenvalue weighted by molar-refractivity contribution is 0.0597. The normalized spacial score (nSPS) is 12.5. The van der Waals surface area contributed by atoms with Crippen LogP contribution >= 0.6 is 0 Å². The predicted molar refractivity (Wildman–Crippen MR) is 97.1 cm³/mol. The molecule has 1 aromatic carbocycles. The summed E-state index contributed by atoms with van der Waals surface area (Å²) < 4.78 is 37.4. The van der Waals surface area contributed by atoms with Crippen LogP contribution in [-0.4, -0.2) is 38.8 Å². The number of carbonyl (C=O) groups is 1. The molecule has 9 heteroatoms. The predicted octanol–water partition coefficient (Wildman–Crippen LogP) is 2.91. The molecule has 2 rings (SSSR count). The molecule has 1 heterocycles. The Bertz CT molecular complexity index is 876. The number of esters is 1. The molecular formula is C17H23N3O5S. The zero-order valence-electron chi connectivity index (χ0n) is 15.2. The van der Waals surface area contributed by atoms with Crippen molar-refractivity contribution in [1.29, 1.82) is 0 Å². The van der Waals surface area contributed by atoms with Crippen molar-refractivity contribution in [2.75, 3.05) is 18.9 Å². The topological polar surface area (TPSA) is 110 Å². The van der Waals surface area contributed by atoms with Crippen molar-refractivity contribution in [3.8, 4) is 5.75 Å². The fraction of sp³-hybridized carbons (Fsp3) is 0.412. The van der Waals surface area contributed by atoms with Gasteiger partial charge in [-0.05, 0) is 30.5 Å². The molecule has 26 heavy (non-hydrogen) atoms. The van der Waals surface area contributed by atoms with Gasteiger partial charge in [-0.1, -0.05) is 20.3 Å². The molecular weight excluding hydrogens is 358 g/mol. The molecule has 1 atom stereocenters. The van der Waals surface area contributed by atoms with Gasteiger partial charge in [0.15, 0.2) is 5.82 Å². The minimum atomic E-state index is -3.92. The third kappa shape index (κ3) is 4.34. The highest BCUT2D eigenvalue weighted by molar-refractivity contribution is 7.92. The molecule has 0 amide bonds. The summed E-state index contributed by atoms with van der Waals surface area (Å²) in [4.78, 5) is 11.7. The van der Waals surface area contributed by atoms with E-state index in [1.165, 1.54) is 32.4 Å². The van der Waals surface area contributed by atoms with E-state index in [4.69, 9.17) is 4.74 Å². The minimum Gasteiger partial charge on any atom is -0.496 e. The van der Waals surface area contributed by atoms with Gasteiger partial charge >= 0.3 is 5.97 Å². The SMILES string of the molecule is CCCC(C)c1cc(NS(=O)(=O)c2ccc(OC)c(C(=O)OC)c2)n[nH]1. The molecule has 142 valence electrons. The van der Waals surface area contributed by atoms with E-state index in [0.717, 1.165) is 18.5 Å². The van der Waals surface area contributed by atoms with Gasteiger partial charge in [-0.15, -0.1) is 0 Å². The molecule has 2 N–H and O–H groups in total. The number of hydrogen-bond donors (Lipinski definition) is 2. The summed E-state index contributed by atoms with van der Waals surface area (Å²) >= 11 is 0. The number of nitrogens with zero attached hydrogens (tertiary/aromatic N) is 1. The number of carbonyl (C=O) groups excluding carboxylic acids is 1. The number of benzene rings is 1. The molecule has 0 bridgehead atoms. The average molecular weight is 381 g/mol. The van der Waals surface area contributed by atoms with Gasteiger partial charge < -0.3 is 9.47 Å². The van der Waals surface area contributed by atoms with E-state index in [1.807, 2.05) is 6.92 Å². The van der Waals surface area contributed by atoms with Crippen LogP contribution in [0, 0.1) is 0 Å². The molecule has 0 spiro atoms. The number of methoxy groups -OCH3 is 2. The van der Waals surface area contributed by atoms with E-state index in [0.29, 0.717) is 0 Å². The van der Waals surface area contributed by atoms with Gasteiger partial charge in [0.2, 0.25) is 0 Å². The first-order valence-corrected chi connectivity index (χ1v) is 9.65. The number of aromatic nitrogens is 2. The van der Waals surface area contributed by atoms with Gasteiger partial charge in [0, 0.05) is 11.8 Å². The Morgan fingerprint density at radius 3 is 2.65 bits per heavy atom. The summed E-state index contributed by atoms with van der Waals surface area (Å²) in [6.07, 6.45) is 1.98. The van der Waals surface area contributed by atoms with Crippen LogP contribution in [0.2, 0.25) is 0 Å². The van der Waals surface area contributed by atoms with Gasteiger partial charge in [0.25, 0.3) is 10.0 Å². The van der Waals surface area contributed by atoms with E-state index in [-0.39, 0.29) is 27.9 Å². The summed E-state index contributed by atoms with van der Waals surface area (Å²) in [5, 5.41) is 6.86. The van der Waals surface area contributed by atoms with E-state index in [9.17, 15) is 13.2 Å². The maximum absolute atomic E-state index is 12.6. The summed E-state index contributed by atoms with van der Waals surface area (Å²) in [7, 11) is -1.32. The first-order valence-electron chi connectivity index (χ1n) is 8.16. The smallest absolute Gasteiger partial charge is 0.341 e. The zero-order valence-corrected chi connectivity index (χ0v) is 16.0. The fourth-order valence-electron chi connectivity index (χ4n) is 2.55. The molecule has 0 radical (unpaired) electrons. The van der Waals surface area contributed by atoms with Crippen molar-refractivity contribution in [2.24, 2.45) is 0 Å². The number of sulfonamides is 1. The molecule has 0 aliphatic carbocycles. The minimum absolute atomic E-state index is 0.0251. The molecule has 0 saturated carbocycles. The Balaban J connectivity index is 2.29. The molecule has 1 unspecified atom stereocenters. The van der Waals surface area contributed by atoms with Crippen LogP contribution in [-0.2, 0) is 14.8 Å². The van der Waals surface area contributed by atoms with Crippen molar-refractivity contribution in [1.82, 2.24) is 10.2 Å². The molecule has 8 nitrogen and oxygen atoms in total. The highest BCUT2D eigenvalue weighted by Crippen LogP contribution is 2.25. The molecule has 1 aromatic heterocycles. The van der Waals surface area contributed by atoms with Crippen molar-refractivity contribution in [3.05, 3.63) is 35.5 Å². The lowest BCUT2D eigenvalue weighted by Crippen LogP contribution is -2.14. The number of hydrogen-bond acceptors (Lipinski definition) is 6. The van der Waals surface area contributed by atoms with Crippen LogP contribution in [0.1, 0.15) is 48.7 Å². The van der Waals surface area contributed by atoms with Crippen LogP contribution in [0.3, 0.4) is 0 Å². The Morgan fingerprint density at radius 1 is 1.31 bits per heavy atom. The van der Waals surface area contributed by atoms with Gasteiger partial charge in [0.05, 0.1) is 19.1 Å². The Hall–Kier alpha value is -2.55. The van der Waals surface area contributed by atoms with E-state index in [2.05, 4.69) is 26.6 Å². The van der Waals surface area contributed by atoms with Gasteiger partial charge in [-0.2, -0.15) is 5.10 Å². The van der Waals surface area contributed by atoms with Crippen LogP contribution in [0.25, 0.3) is 0 Å². The molecule has 2 aromatic rings. The Labute approximate surface area is 153 Å². The fourth-order valence-corrected chi connectivity index (χ4v) is 3.57. The van der Waals surface area contributed by atoms with Crippen LogP contribution in [0.5, 0.6) is 5.75 Å². The Morgan fingerprint density at radius 2 is 2.04 bits per heavy atom. The molecule has 0 fully saturated rings.